The normalized spacial score (nSPS) is 16.6. The van der Waals surface area contributed by atoms with Crippen LogP contribution in [-0.4, -0.2) is 58.7 Å². The predicted octanol–water partition coefficient (Wildman–Crippen LogP) is 2.08. The maximum absolute atomic E-state index is 12.3. The van der Waals surface area contributed by atoms with Crippen molar-refractivity contribution in [2.24, 2.45) is 0 Å². The zero-order chi connectivity index (χ0) is 17.6. The minimum Gasteiger partial charge on any atom is -0.339 e. The number of amides is 1. The van der Waals surface area contributed by atoms with Gasteiger partial charge >= 0.3 is 0 Å². The Morgan fingerprint density at radius 2 is 1.96 bits per heavy atom. The molecular formula is C18H26N6O. The monoisotopic (exact) mass is 342 g/mol. The van der Waals surface area contributed by atoms with E-state index in [0.717, 1.165) is 44.2 Å². The molecule has 25 heavy (non-hydrogen) atoms. The van der Waals surface area contributed by atoms with E-state index in [1.54, 1.807) is 0 Å². The van der Waals surface area contributed by atoms with Crippen LogP contribution in [0.1, 0.15) is 31.7 Å². The van der Waals surface area contributed by atoms with Gasteiger partial charge in [0.15, 0.2) is 0 Å². The van der Waals surface area contributed by atoms with Gasteiger partial charge in [0, 0.05) is 31.9 Å². The average Bonchev–Trinajstić information content (AvgIpc) is 3.17. The van der Waals surface area contributed by atoms with E-state index >= 15 is 0 Å². The number of piperazine rings is 1. The number of nitrogens with one attached hydrogen (secondary N) is 2. The third-order valence-electron chi connectivity index (χ3n) is 4.82. The fraction of sp³-hybridized carbons (Fsp3) is 0.500. The summed E-state index contributed by atoms with van der Waals surface area (Å²) in [6, 6.07) is 8.17. The van der Waals surface area contributed by atoms with Crippen molar-refractivity contribution >= 4 is 17.5 Å². The summed E-state index contributed by atoms with van der Waals surface area (Å²) < 4.78 is 0. The first-order valence-corrected chi connectivity index (χ1v) is 8.88. The molecule has 1 aliphatic rings. The van der Waals surface area contributed by atoms with Crippen molar-refractivity contribution in [3.8, 4) is 0 Å². The van der Waals surface area contributed by atoms with Crippen molar-refractivity contribution < 1.29 is 4.79 Å². The third kappa shape index (κ3) is 4.57. The molecule has 7 nitrogen and oxygen atoms in total. The third-order valence-corrected chi connectivity index (χ3v) is 4.82. The molecule has 1 atom stereocenters. The van der Waals surface area contributed by atoms with Crippen molar-refractivity contribution in [1.82, 2.24) is 20.1 Å². The highest BCUT2D eigenvalue weighted by atomic mass is 16.2. The summed E-state index contributed by atoms with van der Waals surface area (Å²) in [5, 5.41) is 9.75. The second-order valence-electron chi connectivity index (χ2n) is 6.55. The second kappa shape index (κ2) is 8.11. The molecule has 0 saturated carbocycles. The molecule has 1 aromatic heterocycles. The van der Waals surface area contributed by atoms with Gasteiger partial charge in [0.25, 0.3) is 0 Å². The van der Waals surface area contributed by atoms with Crippen LogP contribution in [0.2, 0.25) is 0 Å². The van der Waals surface area contributed by atoms with Gasteiger partial charge in [-0.2, -0.15) is 10.1 Å². The molecule has 0 aliphatic carbocycles. The van der Waals surface area contributed by atoms with Crippen molar-refractivity contribution in [3.05, 3.63) is 36.2 Å². The van der Waals surface area contributed by atoms with Crippen LogP contribution in [-0.2, 0) is 4.79 Å². The molecule has 2 N–H and O–H groups in total. The Hall–Kier alpha value is -2.41. The Morgan fingerprint density at radius 3 is 2.56 bits per heavy atom. The summed E-state index contributed by atoms with van der Waals surface area (Å²) in [7, 11) is 0. The number of aromatic amines is 1. The van der Waals surface area contributed by atoms with Crippen molar-refractivity contribution in [1.29, 1.82) is 0 Å². The molecule has 0 unspecified atom stereocenters. The fourth-order valence-electron chi connectivity index (χ4n) is 3.00. The Labute approximate surface area is 148 Å². The molecular weight excluding hydrogens is 316 g/mol. The zero-order valence-electron chi connectivity index (χ0n) is 14.9. The summed E-state index contributed by atoms with van der Waals surface area (Å²) in [6.45, 7) is 8.16. The molecule has 1 saturated heterocycles. The minimum absolute atomic E-state index is 0.0319. The number of hydrogen-bond acceptors (Lipinski definition) is 5. The van der Waals surface area contributed by atoms with Gasteiger partial charge in [-0.3, -0.25) is 9.69 Å². The smallest absolute Gasteiger partial charge is 0.238 e. The van der Waals surface area contributed by atoms with Gasteiger partial charge in [-0.1, -0.05) is 26.0 Å². The van der Waals surface area contributed by atoms with Crippen LogP contribution >= 0.6 is 0 Å². The van der Waals surface area contributed by atoms with Gasteiger partial charge in [0.1, 0.15) is 6.33 Å². The fourth-order valence-corrected chi connectivity index (χ4v) is 3.00. The van der Waals surface area contributed by atoms with Crippen LogP contribution in [0.3, 0.4) is 0 Å². The van der Waals surface area contributed by atoms with E-state index in [0.29, 0.717) is 12.5 Å². The molecule has 2 heterocycles. The van der Waals surface area contributed by atoms with Gasteiger partial charge in [-0.15, -0.1) is 0 Å². The lowest BCUT2D eigenvalue weighted by atomic mass is 9.99. The number of carbonyl (C=O) groups excluding carboxylic acids is 1. The molecule has 1 aromatic carbocycles. The van der Waals surface area contributed by atoms with E-state index in [2.05, 4.69) is 56.3 Å². The van der Waals surface area contributed by atoms with Gasteiger partial charge in [-0.05, 0) is 30.0 Å². The maximum atomic E-state index is 12.3. The Kier molecular flexibility index (Phi) is 5.65. The minimum atomic E-state index is 0.0319. The van der Waals surface area contributed by atoms with Crippen LogP contribution in [0, 0.1) is 0 Å². The topological polar surface area (TPSA) is 77.2 Å². The standard InChI is InChI=1S/C18H26N6O/c1-3-14(2)15-4-6-16(7-5-15)21-17(25)12-23-8-10-24(11-9-23)18-19-13-20-22-18/h4-7,13-14H,3,8-12H2,1-2H3,(H,21,25)(H,19,20,22)/t14-/m1/s1. The quantitative estimate of drug-likeness (QED) is 0.840. The molecule has 1 aliphatic heterocycles. The van der Waals surface area contributed by atoms with E-state index in [1.807, 2.05) is 12.1 Å². The number of aromatic nitrogens is 3. The van der Waals surface area contributed by atoms with E-state index < -0.39 is 0 Å². The zero-order valence-corrected chi connectivity index (χ0v) is 14.9. The highest BCUT2D eigenvalue weighted by Gasteiger charge is 2.20. The number of H-pyrrole nitrogens is 1. The first-order valence-electron chi connectivity index (χ1n) is 8.88. The number of hydrogen-bond donors (Lipinski definition) is 2. The Morgan fingerprint density at radius 1 is 1.24 bits per heavy atom. The SMILES string of the molecule is CC[C@@H](C)c1ccc(NC(=O)CN2CCN(c3ncn[nH]3)CC2)cc1. The molecule has 1 amide bonds. The first kappa shape index (κ1) is 17.4. The van der Waals surface area contributed by atoms with Crippen molar-refractivity contribution in [2.75, 3.05) is 42.9 Å². The summed E-state index contributed by atoms with van der Waals surface area (Å²) in [4.78, 5) is 20.7. The Balaban J connectivity index is 1.45. The number of anilines is 2. The molecule has 1 fully saturated rings. The number of rotatable bonds is 6. The largest absolute Gasteiger partial charge is 0.339 e. The summed E-state index contributed by atoms with van der Waals surface area (Å²) in [5.74, 6) is 1.38. The van der Waals surface area contributed by atoms with Crippen molar-refractivity contribution in [2.45, 2.75) is 26.2 Å². The molecule has 0 bridgehead atoms. The van der Waals surface area contributed by atoms with Gasteiger partial charge in [0.05, 0.1) is 6.54 Å². The van der Waals surface area contributed by atoms with Crippen LogP contribution in [0.4, 0.5) is 11.6 Å². The molecule has 0 spiro atoms. The van der Waals surface area contributed by atoms with Crippen molar-refractivity contribution in [3.63, 3.8) is 0 Å². The molecule has 0 radical (unpaired) electrons. The number of carbonyl (C=O) groups is 1. The molecule has 2 aromatic rings. The Bertz CT molecular complexity index is 661. The van der Waals surface area contributed by atoms with Crippen LogP contribution in [0.5, 0.6) is 0 Å². The lowest BCUT2D eigenvalue weighted by molar-refractivity contribution is -0.117. The van der Waals surface area contributed by atoms with E-state index in [4.69, 9.17) is 0 Å². The number of benzene rings is 1. The second-order valence-corrected chi connectivity index (χ2v) is 6.55. The van der Waals surface area contributed by atoms with Crippen LogP contribution in [0.25, 0.3) is 0 Å². The van der Waals surface area contributed by atoms with Crippen LogP contribution in [0.15, 0.2) is 30.6 Å². The van der Waals surface area contributed by atoms with Gasteiger partial charge < -0.3 is 10.2 Å². The average molecular weight is 342 g/mol. The van der Waals surface area contributed by atoms with Crippen LogP contribution < -0.4 is 10.2 Å². The first-order chi connectivity index (χ1) is 12.2. The summed E-state index contributed by atoms with van der Waals surface area (Å²) in [6.07, 6.45) is 2.63. The maximum Gasteiger partial charge on any atom is 0.238 e. The lowest BCUT2D eigenvalue weighted by Gasteiger charge is -2.33. The van der Waals surface area contributed by atoms with E-state index in [-0.39, 0.29) is 5.91 Å². The molecule has 134 valence electrons. The number of nitrogens with zero attached hydrogens (tertiary/aromatic N) is 4. The predicted molar refractivity (Wildman–Crippen MR) is 98.8 cm³/mol. The highest BCUT2D eigenvalue weighted by Crippen LogP contribution is 2.20. The van der Waals surface area contributed by atoms with E-state index in [1.165, 1.54) is 11.9 Å². The summed E-state index contributed by atoms with van der Waals surface area (Å²) >= 11 is 0. The van der Waals surface area contributed by atoms with Gasteiger partial charge in [0.2, 0.25) is 11.9 Å². The highest BCUT2D eigenvalue weighted by molar-refractivity contribution is 5.92. The van der Waals surface area contributed by atoms with E-state index in [9.17, 15) is 4.79 Å². The molecule has 3 rings (SSSR count). The summed E-state index contributed by atoms with van der Waals surface area (Å²) in [5.41, 5.74) is 2.17. The lowest BCUT2D eigenvalue weighted by Crippen LogP contribution is -2.49. The van der Waals surface area contributed by atoms with Gasteiger partial charge in [-0.25, -0.2) is 5.10 Å². The molecule has 7 heteroatoms.